The van der Waals surface area contributed by atoms with Gasteiger partial charge in [-0.05, 0) is 45.3 Å². The predicted octanol–water partition coefficient (Wildman–Crippen LogP) is 4.87. The quantitative estimate of drug-likeness (QED) is 0.611. The summed E-state index contributed by atoms with van der Waals surface area (Å²) in [6.07, 6.45) is -4.46. The summed E-state index contributed by atoms with van der Waals surface area (Å²) in [6.45, 7) is -1.84. The van der Waals surface area contributed by atoms with Crippen molar-refractivity contribution in [2.45, 2.75) is 12.7 Å². The third kappa shape index (κ3) is 4.98. The Hall–Kier alpha value is -2.54. The van der Waals surface area contributed by atoms with Crippen molar-refractivity contribution in [3.8, 4) is 5.75 Å². The van der Waals surface area contributed by atoms with E-state index < -0.39 is 25.2 Å². The number of carbonyl (C=O) groups excluding carboxylic acids is 1. The molecule has 0 N–H and O–H groups in total. The first-order chi connectivity index (χ1) is 12.4. The van der Waals surface area contributed by atoms with Gasteiger partial charge < -0.3 is 9.64 Å². The van der Waals surface area contributed by atoms with Crippen LogP contribution in [0.2, 0.25) is 0 Å². The summed E-state index contributed by atoms with van der Waals surface area (Å²) in [5.41, 5.74) is 0.665. The van der Waals surface area contributed by atoms with Crippen LogP contribution in [0.25, 0.3) is 10.8 Å². The van der Waals surface area contributed by atoms with Gasteiger partial charge in [-0.15, -0.1) is 0 Å². The van der Waals surface area contributed by atoms with Gasteiger partial charge >= 0.3 is 6.18 Å². The van der Waals surface area contributed by atoms with Crippen molar-refractivity contribution >= 4 is 28.0 Å². The number of nitrogens with zero attached hydrogens (tertiary/aromatic N) is 1. The van der Waals surface area contributed by atoms with E-state index in [2.05, 4.69) is 0 Å². The van der Waals surface area contributed by atoms with Crippen molar-refractivity contribution in [1.29, 1.82) is 0 Å². The van der Waals surface area contributed by atoms with Crippen molar-refractivity contribution in [2.75, 3.05) is 13.2 Å². The molecule has 3 nitrogen and oxygen atoms in total. The number of amides is 1. The molecule has 7 heteroatoms. The van der Waals surface area contributed by atoms with Gasteiger partial charge in [-0.1, -0.05) is 30.3 Å². The summed E-state index contributed by atoms with van der Waals surface area (Å²) in [5.74, 6) is -0.263. The van der Waals surface area contributed by atoms with E-state index in [9.17, 15) is 18.0 Å². The zero-order valence-corrected chi connectivity index (χ0v) is 14.5. The Morgan fingerprint density at radius 3 is 2.54 bits per heavy atom. The molecule has 136 valence electrons. The maximum absolute atomic E-state index is 12.8. The van der Waals surface area contributed by atoms with Crippen LogP contribution in [0.15, 0.2) is 59.3 Å². The molecule has 3 rings (SSSR count). The Morgan fingerprint density at radius 2 is 1.85 bits per heavy atom. The van der Waals surface area contributed by atoms with Crippen LogP contribution < -0.4 is 4.74 Å². The van der Waals surface area contributed by atoms with Crippen LogP contribution in [-0.4, -0.2) is 30.1 Å². The number of hydrogen-bond acceptors (Lipinski definition) is 3. The van der Waals surface area contributed by atoms with Crippen molar-refractivity contribution in [3.63, 3.8) is 0 Å². The minimum Gasteiger partial charge on any atom is -0.484 e. The van der Waals surface area contributed by atoms with E-state index in [1.807, 2.05) is 30.3 Å². The van der Waals surface area contributed by atoms with Gasteiger partial charge in [0.05, 0.1) is 0 Å². The summed E-state index contributed by atoms with van der Waals surface area (Å²) in [7, 11) is 0. The van der Waals surface area contributed by atoms with Gasteiger partial charge in [-0.25, -0.2) is 0 Å². The molecule has 0 saturated heterocycles. The molecule has 2 aromatic carbocycles. The van der Waals surface area contributed by atoms with Crippen LogP contribution >= 0.6 is 11.3 Å². The topological polar surface area (TPSA) is 29.5 Å². The fourth-order valence-electron chi connectivity index (χ4n) is 2.55. The molecule has 1 aromatic heterocycles. The highest BCUT2D eigenvalue weighted by Gasteiger charge is 2.33. The summed E-state index contributed by atoms with van der Waals surface area (Å²) in [4.78, 5) is 13.1. The minimum atomic E-state index is -4.46. The zero-order valence-electron chi connectivity index (χ0n) is 13.7. The lowest BCUT2D eigenvalue weighted by Crippen LogP contribution is -2.40. The Labute approximate surface area is 152 Å². The average Bonchev–Trinajstić information content (AvgIpc) is 3.11. The molecule has 3 aromatic rings. The standard InChI is InChI=1S/C19H16F3NO2S/c20-19(21,22)13-23(10-14-7-8-26-12-14)18(24)11-25-17-6-5-15-3-1-2-4-16(15)9-17/h1-9,12H,10-11,13H2. The number of halogens is 3. The molecule has 0 fully saturated rings. The Morgan fingerprint density at radius 1 is 1.08 bits per heavy atom. The fourth-order valence-corrected chi connectivity index (χ4v) is 3.21. The molecule has 0 saturated carbocycles. The van der Waals surface area contributed by atoms with E-state index in [4.69, 9.17) is 4.74 Å². The largest absolute Gasteiger partial charge is 0.484 e. The molecule has 0 spiro atoms. The van der Waals surface area contributed by atoms with Crippen molar-refractivity contribution < 1.29 is 22.7 Å². The Bertz CT molecular complexity index is 878. The summed E-state index contributed by atoms with van der Waals surface area (Å²) in [6, 6.07) is 14.6. The first-order valence-corrected chi connectivity index (χ1v) is 8.82. The first-order valence-electron chi connectivity index (χ1n) is 7.88. The second kappa shape index (κ2) is 7.78. The number of fused-ring (bicyclic) bond motifs is 1. The Kier molecular flexibility index (Phi) is 5.46. The number of carbonyl (C=O) groups is 1. The third-order valence-corrected chi connectivity index (χ3v) is 4.49. The zero-order chi connectivity index (χ0) is 18.6. The van der Waals surface area contributed by atoms with Gasteiger partial charge in [0.25, 0.3) is 5.91 Å². The highest BCUT2D eigenvalue weighted by atomic mass is 32.1. The number of rotatable bonds is 6. The lowest BCUT2D eigenvalue weighted by Gasteiger charge is -2.23. The maximum atomic E-state index is 12.8. The molecule has 1 heterocycles. The summed E-state index contributed by atoms with van der Waals surface area (Å²) < 4.78 is 43.8. The number of thiophene rings is 1. The molecule has 0 bridgehead atoms. The van der Waals surface area contributed by atoms with E-state index in [0.717, 1.165) is 15.7 Å². The minimum absolute atomic E-state index is 0.0943. The molecule has 1 amide bonds. The second-order valence-electron chi connectivity index (χ2n) is 5.79. The van der Waals surface area contributed by atoms with Gasteiger partial charge in [0.15, 0.2) is 6.61 Å². The van der Waals surface area contributed by atoms with Crippen LogP contribution in [0.5, 0.6) is 5.75 Å². The molecule has 0 unspecified atom stereocenters. The molecule has 0 aliphatic carbocycles. The molecule has 0 radical (unpaired) electrons. The van der Waals surface area contributed by atoms with Crippen molar-refractivity contribution in [3.05, 3.63) is 64.9 Å². The smallest absolute Gasteiger partial charge is 0.406 e. The van der Waals surface area contributed by atoms with Crippen molar-refractivity contribution in [2.24, 2.45) is 0 Å². The lowest BCUT2D eigenvalue weighted by atomic mass is 10.1. The van der Waals surface area contributed by atoms with Crippen LogP contribution in [0.4, 0.5) is 13.2 Å². The molecular weight excluding hydrogens is 363 g/mol. The number of ether oxygens (including phenoxy) is 1. The van der Waals surface area contributed by atoms with Gasteiger partial charge in [0.2, 0.25) is 0 Å². The predicted molar refractivity (Wildman–Crippen MR) is 95.2 cm³/mol. The normalized spacial score (nSPS) is 11.5. The fraction of sp³-hybridized carbons (Fsp3) is 0.211. The molecular formula is C19H16F3NO2S. The maximum Gasteiger partial charge on any atom is 0.406 e. The number of hydrogen-bond donors (Lipinski definition) is 0. The van der Waals surface area contributed by atoms with Crippen LogP contribution in [0, 0.1) is 0 Å². The van der Waals surface area contributed by atoms with E-state index in [1.54, 1.807) is 29.0 Å². The molecule has 0 aliphatic rings. The third-order valence-electron chi connectivity index (χ3n) is 3.76. The lowest BCUT2D eigenvalue weighted by molar-refractivity contribution is -0.163. The SMILES string of the molecule is O=C(COc1ccc2ccccc2c1)N(Cc1ccsc1)CC(F)(F)F. The van der Waals surface area contributed by atoms with E-state index >= 15 is 0 Å². The number of alkyl halides is 3. The highest BCUT2D eigenvalue weighted by Crippen LogP contribution is 2.22. The monoisotopic (exact) mass is 379 g/mol. The Balaban J connectivity index is 1.67. The second-order valence-corrected chi connectivity index (χ2v) is 6.57. The van der Waals surface area contributed by atoms with Gasteiger partial charge in [-0.2, -0.15) is 24.5 Å². The highest BCUT2D eigenvalue weighted by molar-refractivity contribution is 7.07. The summed E-state index contributed by atoms with van der Waals surface area (Å²) >= 11 is 1.37. The first kappa shape index (κ1) is 18.3. The molecule has 26 heavy (non-hydrogen) atoms. The van der Waals surface area contributed by atoms with Crippen molar-refractivity contribution in [1.82, 2.24) is 4.90 Å². The number of benzene rings is 2. The molecule has 0 atom stereocenters. The summed E-state index contributed by atoms with van der Waals surface area (Å²) in [5, 5.41) is 5.43. The van der Waals surface area contributed by atoms with E-state index in [0.29, 0.717) is 11.3 Å². The van der Waals surface area contributed by atoms with Crippen LogP contribution in [0.1, 0.15) is 5.56 Å². The average molecular weight is 379 g/mol. The van der Waals surface area contributed by atoms with Gasteiger partial charge in [0.1, 0.15) is 12.3 Å². The van der Waals surface area contributed by atoms with Gasteiger partial charge in [0, 0.05) is 6.54 Å². The molecule has 0 aliphatic heterocycles. The van der Waals surface area contributed by atoms with E-state index in [-0.39, 0.29) is 6.54 Å². The van der Waals surface area contributed by atoms with E-state index in [1.165, 1.54) is 11.3 Å². The van der Waals surface area contributed by atoms with Gasteiger partial charge in [-0.3, -0.25) is 4.79 Å². The van der Waals surface area contributed by atoms with Crippen LogP contribution in [0.3, 0.4) is 0 Å². The van der Waals surface area contributed by atoms with Crippen LogP contribution in [-0.2, 0) is 11.3 Å².